The first kappa shape index (κ1) is 61.9. The standard InChI is InChI=1S/3C22H28O2.Bi/c3*1-2-3-4-5-6-13-18-22(21(23)24,19-14-9-7-10-15-19)20-16-11-8-12-17-20;/h3*7-12,14-17H,2-6,13,18H2,1H3,(H,23,24);/q;;;+3/p-3. The van der Waals surface area contributed by atoms with Gasteiger partial charge >= 0.3 is 26.2 Å². The van der Waals surface area contributed by atoms with Crippen molar-refractivity contribution in [1.82, 2.24) is 0 Å². The minimum Gasteiger partial charge on any atom is -0.549 e. The molecule has 6 rings (SSSR count). The van der Waals surface area contributed by atoms with Gasteiger partial charge < -0.3 is 29.7 Å². The van der Waals surface area contributed by atoms with Crippen molar-refractivity contribution >= 4 is 44.1 Å². The summed E-state index contributed by atoms with van der Waals surface area (Å²) in [4.78, 5) is 36.8. The summed E-state index contributed by atoms with van der Waals surface area (Å²) in [6.45, 7) is 6.60. The van der Waals surface area contributed by atoms with Gasteiger partial charge in [0.05, 0.1) is 34.2 Å². The van der Waals surface area contributed by atoms with Gasteiger partial charge in [0.25, 0.3) is 0 Å². The van der Waals surface area contributed by atoms with Crippen molar-refractivity contribution in [3.8, 4) is 0 Å². The Morgan fingerprint density at radius 1 is 0.274 bits per heavy atom. The van der Waals surface area contributed by atoms with Crippen molar-refractivity contribution in [2.24, 2.45) is 0 Å². The molecule has 386 valence electrons. The number of aliphatic carboxylic acids is 3. The Kier molecular flexibility index (Phi) is 29.6. The Hall–Kier alpha value is -5.39. The molecule has 0 saturated heterocycles. The quantitative estimate of drug-likeness (QED) is 0.0327. The van der Waals surface area contributed by atoms with Gasteiger partial charge in [-0.25, -0.2) is 0 Å². The molecule has 2 radical (unpaired) electrons. The average Bonchev–Trinajstić information content (AvgIpc) is 3.42. The van der Waals surface area contributed by atoms with E-state index in [2.05, 4.69) is 20.8 Å². The maximum absolute atomic E-state index is 12.3. The van der Waals surface area contributed by atoms with Crippen molar-refractivity contribution in [2.75, 3.05) is 0 Å². The van der Waals surface area contributed by atoms with Crippen LogP contribution < -0.4 is 15.3 Å². The van der Waals surface area contributed by atoms with Crippen molar-refractivity contribution in [2.45, 2.75) is 172 Å². The number of hydrogen-bond donors (Lipinski definition) is 0. The van der Waals surface area contributed by atoms with Gasteiger partial charge in [-0.1, -0.05) is 318 Å². The zero-order valence-electron chi connectivity index (χ0n) is 44.1. The molecule has 0 spiro atoms. The number of carboxylic acid groups (broad SMARTS) is 3. The predicted molar refractivity (Wildman–Crippen MR) is 296 cm³/mol. The summed E-state index contributed by atoms with van der Waals surface area (Å²) in [6.07, 6.45) is 22.2. The Morgan fingerprint density at radius 2 is 0.425 bits per heavy atom. The van der Waals surface area contributed by atoms with Crippen LogP contribution in [0.1, 0.15) is 189 Å². The molecule has 0 aromatic heterocycles. The maximum atomic E-state index is 12.3. The Labute approximate surface area is 458 Å². The third kappa shape index (κ3) is 18.2. The number of carbonyl (C=O) groups excluding carboxylic acids is 3. The fourth-order valence-corrected chi connectivity index (χ4v) is 10.2. The fourth-order valence-electron chi connectivity index (χ4n) is 10.2. The predicted octanol–water partition coefficient (Wildman–Crippen LogP) is 13.0. The molecule has 73 heavy (non-hydrogen) atoms. The number of benzene rings is 6. The summed E-state index contributed by atoms with van der Waals surface area (Å²) >= 11 is 0. The Bertz CT molecular complexity index is 1970. The number of carboxylic acids is 3. The summed E-state index contributed by atoms with van der Waals surface area (Å²) in [5.41, 5.74) is 1.67. The molecule has 7 heteroatoms. The van der Waals surface area contributed by atoms with E-state index in [4.69, 9.17) is 0 Å². The molecule has 0 aliphatic rings. The van der Waals surface area contributed by atoms with E-state index in [0.717, 1.165) is 71.9 Å². The number of carbonyl (C=O) groups is 3. The van der Waals surface area contributed by atoms with Gasteiger partial charge in [-0.05, 0) is 52.6 Å². The van der Waals surface area contributed by atoms with Gasteiger partial charge in [-0.15, -0.1) is 0 Å². The number of rotatable bonds is 30. The summed E-state index contributed by atoms with van der Waals surface area (Å²) in [7, 11) is 0. The van der Waals surface area contributed by atoms with Crippen molar-refractivity contribution in [1.29, 1.82) is 0 Å². The second-order valence-electron chi connectivity index (χ2n) is 19.3. The first-order valence-electron chi connectivity index (χ1n) is 27.1. The second kappa shape index (κ2) is 34.9. The van der Waals surface area contributed by atoms with Crippen molar-refractivity contribution < 1.29 is 29.7 Å². The first-order valence-corrected chi connectivity index (χ1v) is 27.1. The normalized spacial score (nSPS) is 11.2. The van der Waals surface area contributed by atoms with E-state index < -0.39 is 34.2 Å². The minimum absolute atomic E-state index is 0. The SMILES string of the molecule is CCCCCCCCC(C(=O)[O-])(c1ccccc1)c1ccccc1.CCCCCCCCC(C(=O)[O-])(c1ccccc1)c1ccccc1.CCCCCCCCC(C(=O)[O-])(c1ccccc1)c1ccccc1.[Bi+3]. The van der Waals surface area contributed by atoms with E-state index in [0.29, 0.717) is 19.3 Å². The number of unbranched alkanes of at least 4 members (excludes halogenated alkanes) is 15. The molecule has 0 bridgehead atoms. The molecule has 6 nitrogen and oxygen atoms in total. The van der Waals surface area contributed by atoms with Gasteiger partial charge in [0.1, 0.15) is 0 Å². The second-order valence-corrected chi connectivity index (χ2v) is 19.3. The third-order valence-corrected chi connectivity index (χ3v) is 14.4. The molecule has 0 N–H and O–H groups in total. The molecule has 0 heterocycles. The number of hydrogen-bond acceptors (Lipinski definition) is 6. The van der Waals surface area contributed by atoms with Crippen LogP contribution in [-0.2, 0) is 30.6 Å². The fraction of sp³-hybridized carbons (Fsp3) is 0.409. The van der Waals surface area contributed by atoms with Gasteiger partial charge in [-0.2, -0.15) is 0 Å². The van der Waals surface area contributed by atoms with E-state index >= 15 is 0 Å². The van der Waals surface area contributed by atoms with Crippen LogP contribution in [0.15, 0.2) is 182 Å². The smallest absolute Gasteiger partial charge is 0.549 e. The van der Waals surface area contributed by atoms with E-state index in [1.54, 1.807) is 0 Å². The van der Waals surface area contributed by atoms with E-state index in [9.17, 15) is 29.7 Å². The van der Waals surface area contributed by atoms with Gasteiger partial charge in [0.15, 0.2) is 0 Å². The molecule has 0 saturated carbocycles. The maximum Gasteiger partial charge on any atom is 3.00 e. The molecule has 0 amide bonds. The van der Waals surface area contributed by atoms with Gasteiger partial charge in [0, 0.05) is 0 Å². The zero-order valence-corrected chi connectivity index (χ0v) is 47.5. The topological polar surface area (TPSA) is 120 Å². The van der Waals surface area contributed by atoms with Gasteiger partial charge in [-0.3, -0.25) is 0 Å². The van der Waals surface area contributed by atoms with E-state index in [1.807, 2.05) is 182 Å². The van der Waals surface area contributed by atoms with Crippen LogP contribution in [-0.4, -0.2) is 44.1 Å². The molecule has 0 aliphatic heterocycles. The summed E-state index contributed by atoms with van der Waals surface area (Å²) in [5.74, 6) is -3.02. The third-order valence-electron chi connectivity index (χ3n) is 14.4. The van der Waals surface area contributed by atoms with Crippen LogP contribution in [0.3, 0.4) is 0 Å². The van der Waals surface area contributed by atoms with Crippen molar-refractivity contribution in [3.63, 3.8) is 0 Å². The molecule has 6 aromatic carbocycles. The molecule has 6 aromatic rings. The largest absolute Gasteiger partial charge is 3.00 e. The van der Waals surface area contributed by atoms with Crippen LogP contribution >= 0.6 is 0 Å². The summed E-state index contributed by atoms with van der Waals surface area (Å²) < 4.78 is 0. The monoisotopic (exact) mass is 1180 g/mol. The molecule has 0 aliphatic carbocycles. The van der Waals surface area contributed by atoms with Crippen LogP contribution in [0, 0.1) is 0 Å². The molecule has 0 atom stereocenters. The first-order chi connectivity index (χ1) is 35.1. The van der Waals surface area contributed by atoms with Gasteiger partial charge in [0.2, 0.25) is 0 Å². The molecular weight excluding hydrogens is 1100 g/mol. The minimum atomic E-state index is -1.06. The zero-order chi connectivity index (χ0) is 51.8. The van der Waals surface area contributed by atoms with Crippen LogP contribution in [0.4, 0.5) is 0 Å². The van der Waals surface area contributed by atoms with E-state index in [1.165, 1.54) is 77.0 Å². The van der Waals surface area contributed by atoms with Crippen LogP contribution in [0.5, 0.6) is 0 Å². The molecule has 0 fully saturated rings. The summed E-state index contributed by atoms with van der Waals surface area (Å²) in [5, 5.41) is 36.8. The Morgan fingerprint density at radius 3 is 0.575 bits per heavy atom. The van der Waals surface area contributed by atoms with E-state index in [-0.39, 0.29) is 26.2 Å². The summed E-state index contributed by atoms with van der Waals surface area (Å²) in [6, 6.07) is 57.1. The van der Waals surface area contributed by atoms with Crippen LogP contribution in [0.25, 0.3) is 0 Å². The van der Waals surface area contributed by atoms with Crippen molar-refractivity contribution in [3.05, 3.63) is 215 Å². The van der Waals surface area contributed by atoms with Crippen LogP contribution in [0.2, 0.25) is 0 Å². The molecular formula is C66H81BiO6. The molecule has 0 unspecified atom stereocenters. The Balaban J connectivity index is 0.000000287. The average molecular weight is 1180 g/mol.